The lowest BCUT2D eigenvalue weighted by molar-refractivity contribution is 0.469. The van der Waals surface area contributed by atoms with E-state index in [1.165, 1.54) is 24.3 Å². The first-order valence-electron chi connectivity index (χ1n) is 8.77. The fourth-order valence-corrected chi connectivity index (χ4v) is 3.54. The minimum atomic E-state index is -0.251. The molecule has 0 atom stereocenters. The Kier molecular flexibility index (Phi) is 5.94. The number of anilines is 3. The van der Waals surface area contributed by atoms with Gasteiger partial charge < -0.3 is 21.5 Å². The standard InChI is InChI=1S/C15H17N3OS.C6H6FN/c1-15(2)9-20-13-12(7-8-17-14(13)18-15)19-11-5-3-10(16)4-6-11;7-5-1-3-6(8)4-2-5/h3-8H,9,16H2,1-2H3,(H,17,18);1-4H,8H2. The number of rotatable bonds is 2. The van der Waals surface area contributed by atoms with E-state index < -0.39 is 0 Å². The largest absolute Gasteiger partial charge is 0.456 e. The van der Waals surface area contributed by atoms with E-state index in [0.29, 0.717) is 5.69 Å². The van der Waals surface area contributed by atoms with Crippen molar-refractivity contribution >= 4 is 29.0 Å². The number of hydrogen-bond acceptors (Lipinski definition) is 6. The maximum absolute atomic E-state index is 12.0. The highest BCUT2D eigenvalue weighted by Gasteiger charge is 2.27. The van der Waals surface area contributed by atoms with E-state index in [0.717, 1.165) is 33.7 Å². The van der Waals surface area contributed by atoms with Crippen LogP contribution in [0.25, 0.3) is 0 Å². The molecule has 0 saturated carbocycles. The van der Waals surface area contributed by atoms with E-state index in [1.807, 2.05) is 30.3 Å². The fourth-order valence-electron chi connectivity index (χ4n) is 2.47. The number of halogens is 1. The molecular formula is C21H23FN4OS. The number of pyridine rings is 1. The van der Waals surface area contributed by atoms with Crippen molar-refractivity contribution in [1.82, 2.24) is 4.98 Å². The lowest BCUT2D eigenvalue weighted by Gasteiger charge is -2.32. The Bertz CT molecular complexity index is 909. The first kappa shape index (κ1) is 19.8. The number of nitrogen functional groups attached to an aromatic ring is 2. The molecule has 1 aliphatic heterocycles. The van der Waals surface area contributed by atoms with Crippen LogP contribution in [-0.4, -0.2) is 16.3 Å². The Labute approximate surface area is 168 Å². The number of fused-ring (bicyclic) bond motifs is 1. The summed E-state index contributed by atoms with van der Waals surface area (Å²) in [7, 11) is 0. The van der Waals surface area contributed by atoms with Crippen molar-refractivity contribution in [3.63, 3.8) is 0 Å². The number of nitrogens with two attached hydrogens (primary N) is 2. The van der Waals surface area contributed by atoms with Gasteiger partial charge in [0, 0.05) is 34.9 Å². The Morgan fingerprint density at radius 1 is 1.00 bits per heavy atom. The molecule has 5 N–H and O–H groups in total. The fraction of sp³-hybridized carbons (Fsp3) is 0.190. The highest BCUT2D eigenvalue weighted by atomic mass is 32.2. The van der Waals surface area contributed by atoms with Crippen molar-refractivity contribution in [2.24, 2.45) is 0 Å². The van der Waals surface area contributed by atoms with E-state index in [2.05, 4.69) is 24.1 Å². The number of thioether (sulfide) groups is 1. The minimum Gasteiger partial charge on any atom is -0.456 e. The molecule has 0 spiro atoms. The first-order chi connectivity index (χ1) is 13.3. The van der Waals surface area contributed by atoms with Crippen LogP contribution in [0, 0.1) is 5.82 Å². The third kappa shape index (κ3) is 5.29. The molecule has 4 rings (SSSR count). The zero-order valence-electron chi connectivity index (χ0n) is 15.8. The highest BCUT2D eigenvalue weighted by molar-refractivity contribution is 7.99. The van der Waals surface area contributed by atoms with Gasteiger partial charge in [-0.1, -0.05) is 0 Å². The molecule has 2 heterocycles. The van der Waals surface area contributed by atoms with Crippen LogP contribution < -0.4 is 21.5 Å². The topological polar surface area (TPSA) is 86.2 Å². The van der Waals surface area contributed by atoms with Gasteiger partial charge in [-0.25, -0.2) is 9.37 Å². The second-order valence-corrected chi connectivity index (χ2v) is 7.99. The predicted octanol–water partition coefficient (Wildman–Crippen LogP) is 5.16. The number of aromatic nitrogens is 1. The van der Waals surface area contributed by atoms with Gasteiger partial charge in [-0.2, -0.15) is 0 Å². The molecule has 0 radical (unpaired) electrons. The average molecular weight is 399 g/mol. The molecule has 5 nitrogen and oxygen atoms in total. The Hall–Kier alpha value is -2.93. The number of benzene rings is 2. The first-order valence-corrected chi connectivity index (χ1v) is 9.75. The van der Waals surface area contributed by atoms with Gasteiger partial charge in [0.1, 0.15) is 23.1 Å². The maximum Gasteiger partial charge on any atom is 0.146 e. The molecular weight excluding hydrogens is 375 g/mol. The summed E-state index contributed by atoms with van der Waals surface area (Å²) in [6.45, 7) is 4.33. The monoisotopic (exact) mass is 398 g/mol. The summed E-state index contributed by atoms with van der Waals surface area (Å²) in [5, 5.41) is 3.44. The van der Waals surface area contributed by atoms with Crippen molar-refractivity contribution in [3.05, 3.63) is 66.6 Å². The summed E-state index contributed by atoms with van der Waals surface area (Å²) < 4.78 is 18.0. The van der Waals surface area contributed by atoms with Crippen LogP contribution in [0.15, 0.2) is 65.7 Å². The molecule has 0 unspecified atom stereocenters. The number of ether oxygens (including phenoxy) is 1. The number of nitrogens with zero attached hydrogens (tertiary/aromatic N) is 1. The van der Waals surface area contributed by atoms with Crippen molar-refractivity contribution in [3.8, 4) is 11.5 Å². The van der Waals surface area contributed by atoms with Gasteiger partial charge in [-0.3, -0.25) is 0 Å². The molecule has 0 bridgehead atoms. The molecule has 1 aliphatic rings. The molecule has 3 aromatic rings. The van der Waals surface area contributed by atoms with Gasteiger partial charge in [0.15, 0.2) is 0 Å². The number of hydrogen-bond donors (Lipinski definition) is 3. The smallest absolute Gasteiger partial charge is 0.146 e. The van der Waals surface area contributed by atoms with Crippen LogP contribution in [0.4, 0.5) is 21.6 Å². The zero-order valence-corrected chi connectivity index (χ0v) is 16.6. The summed E-state index contributed by atoms with van der Waals surface area (Å²) in [6.07, 6.45) is 1.76. The molecule has 28 heavy (non-hydrogen) atoms. The third-order valence-corrected chi connectivity index (χ3v) is 5.43. The van der Waals surface area contributed by atoms with E-state index in [4.69, 9.17) is 16.2 Å². The molecule has 2 aromatic carbocycles. The predicted molar refractivity (Wildman–Crippen MR) is 114 cm³/mol. The van der Waals surface area contributed by atoms with Crippen molar-refractivity contribution in [2.75, 3.05) is 22.5 Å². The van der Waals surface area contributed by atoms with E-state index in [1.54, 1.807) is 18.0 Å². The molecule has 7 heteroatoms. The highest BCUT2D eigenvalue weighted by Crippen LogP contribution is 2.42. The maximum atomic E-state index is 12.0. The average Bonchev–Trinajstić information content (AvgIpc) is 2.66. The van der Waals surface area contributed by atoms with E-state index in [9.17, 15) is 4.39 Å². The van der Waals surface area contributed by atoms with Crippen molar-refractivity contribution < 1.29 is 9.13 Å². The van der Waals surface area contributed by atoms with E-state index >= 15 is 0 Å². The van der Waals surface area contributed by atoms with Gasteiger partial charge in [-0.15, -0.1) is 11.8 Å². The van der Waals surface area contributed by atoms with Gasteiger partial charge in [-0.05, 0) is 62.4 Å². The van der Waals surface area contributed by atoms with Gasteiger partial charge in [0.2, 0.25) is 0 Å². The lowest BCUT2D eigenvalue weighted by Crippen LogP contribution is -2.36. The Morgan fingerprint density at radius 3 is 2.21 bits per heavy atom. The normalized spacial score (nSPS) is 14.1. The van der Waals surface area contributed by atoms with Gasteiger partial charge >= 0.3 is 0 Å². The number of nitrogens with one attached hydrogen (secondary N) is 1. The van der Waals surface area contributed by atoms with Gasteiger partial charge in [0.25, 0.3) is 0 Å². The summed E-state index contributed by atoms with van der Waals surface area (Å²) >= 11 is 1.77. The van der Waals surface area contributed by atoms with Gasteiger partial charge in [0.05, 0.1) is 4.90 Å². The van der Waals surface area contributed by atoms with Crippen LogP contribution in [-0.2, 0) is 0 Å². The second kappa shape index (κ2) is 8.39. The third-order valence-electron chi connectivity index (χ3n) is 3.88. The molecule has 0 saturated heterocycles. The molecule has 1 aromatic heterocycles. The minimum absolute atomic E-state index is 0.0461. The molecule has 146 valence electrons. The Balaban J connectivity index is 0.000000236. The van der Waals surface area contributed by atoms with Crippen molar-refractivity contribution in [2.45, 2.75) is 24.3 Å². The van der Waals surface area contributed by atoms with Crippen LogP contribution in [0.3, 0.4) is 0 Å². The quantitative estimate of drug-likeness (QED) is 0.517. The Morgan fingerprint density at radius 2 is 1.61 bits per heavy atom. The summed E-state index contributed by atoms with van der Waals surface area (Å²) in [5.41, 5.74) is 12.3. The summed E-state index contributed by atoms with van der Waals surface area (Å²) in [5.74, 6) is 3.22. The molecule has 0 fully saturated rings. The summed E-state index contributed by atoms with van der Waals surface area (Å²) in [4.78, 5) is 5.46. The van der Waals surface area contributed by atoms with Crippen LogP contribution in [0.5, 0.6) is 11.5 Å². The summed E-state index contributed by atoms with van der Waals surface area (Å²) in [6, 6.07) is 15.0. The molecule has 0 aliphatic carbocycles. The zero-order chi connectivity index (χ0) is 20.1. The van der Waals surface area contributed by atoms with Crippen LogP contribution in [0.1, 0.15) is 13.8 Å². The van der Waals surface area contributed by atoms with Crippen LogP contribution >= 0.6 is 11.8 Å². The van der Waals surface area contributed by atoms with E-state index in [-0.39, 0.29) is 11.4 Å². The van der Waals surface area contributed by atoms with Crippen molar-refractivity contribution in [1.29, 1.82) is 0 Å². The van der Waals surface area contributed by atoms with Crippen LogP contribution in [0.2, 0.25) is 0 Å². The SMILES string of the molecule is CC1(C)CSc2c(Oc3ccc(N)cc3)ccnc2N1.Nc1ccc(F)cc1. The molecule has 0 amide bonds. The lowest BCUT2D eigenvalue weighted by atomic mass is 10.1. The second-order valence-electron chi connectivity index (χ2n) is 7.01.